The van der Waals surface area contributed by atoms with Gasteiger partial charge in [0.1, 0.15) is 11.6 Å². The van der Waals surface area contributed by atoms with Gasteiger partial charge in [-0.1, -0.05) is 18.2 Å². The van der Waals surface area contributed by atoms with Crippen molar-refractivity contribution in [3.63, 3.8) is 0 Å². The van der Waals surface area contributed by atoms with E-state index in [4.69, 9.17) is 4.74 Å². The SMILES string of the molecule is Cc1ccc(S(=O)(=O)NCc2cccnc2Oc2cccc(F)c2)c2cccnc12. The van der Waals surface area contributed by atoms with Crippen LogP contribution in [0.4, 0.5) is 4.39 Å². The molecule has 0 aliphatic carbocycles. The Morgan fingerprint density at radius 1 is 1.00 bits per heavy atom. The second-order valence-electron chi connectivity index (χ2n) is 6.63. The number of nitrogens with one attached hydrogen (secondary N) is 1. The summed E-state index contributed by atoms with van der Waals surface area (Å²) in [5, 5.41) is 0.549. The van der Waals surface area contributed by atoms with Crippen LogP contribution in [0.1, 0.15) is 11.1 Å². The van der Waals surface area contributed by atoms with E-state index >= 15 is 0 Å². The second kappa shape index (κ2) is 8.17. The maximum Gasteiger partial charge on any atom is 0.241 e. The van der Waals surface area contributed by atoms with Gasteiger partial charge in [0, 0.05) is 36.0 Å². The summed E-state index contributed by atoms with van der Waals surface area (Å²) < 4.78 is 47.7. The third-order valence-corrected chi connectivity index (χ3v) is 5.99. The molecular weight excluding hydrogens is 405 g/mol. The molecular formula is C22H18FN3O3S. The summed E-state index contributed by atoms with van der Waals surface area (Å²) in [5.41, 5.74) is 2.04. The second-order valence-corrected chi connectivity index (χ2v) is 8.37. The molecule has 152 valence electrons. The minimum Gasteiger partial charge on any atom is -0.439 e. The van der Waals surface area contributed by atoms with Gasteiger partial charge < -0.3 is 4.74 Å². The van der Waals surface area contributed by atoms with Gasteiger partial charge in [-0.15, -0.1) is 0 Å². The highest BCUT2D eigenvalue weighted by Gasteiger charge is 2.19. The number of halogens is 1. The van der Waals surface area contributed by atoms with E-state index in [2.05, 4.69) is 14.7 Å². The molecule has 2 heterocycles. The Morgan fingerprint density at radius 2 is 1.80 bits per heavy atom. The van der Waals surface area contributed by atoms with Gasteiger partial charge in [0.25, 0.3) is 0 Å². The number of ether oxygens (including phenoxy) is 1. The number of hydrogen-bond acceptors (Lipinski definition) is 5. The third kappa shape index (κ3) is 4.14. The molecule has 0 aliphatic rings. The van der Waals surface area contributed by atoms with Gasteiger partial charge in [0.15, 0.2) is 0 Å². The summed E-state index contributed by atoms with van der Waals surface area (Å²) in [6.45, 7) is 1.83. The highest BCUT2D eigenvalue weighted by molar-refractivity contribution is 7.89. The minimum absolute atomic E-state index is 0.0452. The molecule has 0 aliphatic heterocycles. The van der Waals surface area contributed by atoms with Crippen molar-refractivity contribution >= 4 is 20.9 Å². The lowest BCUT2D eigenvalue weighted by atomic mass is 10.1. The first-order chi connectivity index (χ1) is 14.4. The number of nitrogens with zero attached hydrogens (tertiary/aromatic N) is 2. The van der Waals surface area contributed by atoms with E-state index in [1.54, 1.807) is 48.7 Å². The molecule has 0 amide bonds. The fraction of sp³-hybridized carbons (Fsp3) is 0.0909. The Kier molecular flexibility index (Phi) is 5.43. The average Bonchev–Trinajstić information content (AvgIpc) is 2.73. The normalized spacial score (nSPS) is 11.5. The van der Waals surface area contributed by atoms with Crippen LogP contribution >= 0.6 is 0 Å². The first-order valence-corrected chi connectivity index (χ1v) is 10.6. The molecule has 0 spiro atoms. The Bertz CT molecular complexity index is 1330. The monoisotopic (exact) mass is 423 g/mol. The van der Waals surface area contributed by atoms with Crippen LogP contribution in [0.25, 0.3) is 10.9 Å². The van der Waals surface area contributed by atoms with Gasteiger partial charge in [-0.2, -0.15) is 0 Å². The van der Waals surface area contributed by atoms with Crippen LogP contribution in [0.15, 0.2) is 78.0 Å². The predicted molar refractivity (Wildman–Crippen MR) is 111 cm³/mol. The number of fused-ring (bicyclic) bond motifs is 1. The molecule has 1 N–H and O–H groups in total. The molecule has 6 nitrogen and oxygen atoms in total. The summed E-state index contributed by atoms with van der Waals surface area (Å²) in [6, 6.07) is 15.7. The molecule has 8 heteroatoms. The van der Waals surface area contributed by atoms with Crippen LogP contribution < -0.4 is 9.46 Å². The maximum absolute atomic E-state index is 13.4. The number of sulfonamides is 1. The van der Waals surface area contributed by atoms with Crippen LogP contribution in [-0.2, 0) is 16.6 Å². The lowest BCUT2D eigenvalue weighted by Crippen LogP contribution is -2.24. The summed E-state index contributed by atoms with van der Waals surface area (Å²) >= 11 is 0. The first-order valence-electron chi connectivity index (χ1n) is 9.15. The number of hydrogen-bond donors (Lipinski definition) is 1. The molecule has 2 aromatic heterocycles. The molecule has 0 bridgehead atoms. The van der Waals surface area contributed by atoms with Crippen LogP contribution in [-0.4, -0.2) is 18.4 Å². The van der Waals surface area contributed by atoms with Crippen molar-refractivity contribution in [2.24, 2.45) is 0 Å². The van der Waals surface area contributed by atoms with E-state index in [9.17, 15) is 12.8 Å². The number of aromatic nitrogens is 2. The van der Waals surface area contributed by atoms with Crippen molar-refractivity contribution in [2.45, 2.75) is 18.4 Å². The lowest BCUT2D eigenvalue weighted by molar-refractivity contribution is 0.451. The first kappa shape index (κ1) is 19.9. The number of benzene rings is 2. The largest absolute Gasteiger partial charge is 0.439 e. The zero-order chi connectivity index (χ0) is 21.1. The van der Waals surface area contributed by atoms with Crippen LogP contribution in [0.3, 0.4) is 0 Å². The fourth-order valence-corrected chi connectivity index (χ4v) is 4.27. The van der Waals surface area contributed by atoms with E-state index < -0.39 is 15.8 Å². The summed E-state index contributed by atoms with van der Waals surface area (Å²) in [5.74, 6) is 0.0279. The van der Waals surface area contributed by atoms with Crippen molar-refractivity contribution in [3.8, 4) is 11.6 Å². The number of rotatable bonds is 6. The van der Waals surface area contributed by atoms with Gasteiger partial charge in [-0.3, -0.25) is 4.98 Å². The molecule has 0 atom stereocenters. The summed E-state index contributed by atoms with van der Waals surface area (Å²) in [7, 11) is -3.83. The maximum atomic E-state index is 13.4. The number of pyridine rings is 2. The quantitative estimate of drug-likeness (QED) is 0.499. The number of aryl methyl sites for hydroxylation is 1. The molecule has 0 unspecified atom stereocenters. The predicted octanol–water partition coefficient (Wildman–Crippen LogP) is 4.35. The molecule has 4 rings (SSSR count). The average molecular weight is 423 g/mol. The Morgan fingerprint density at radius 3 is 2.63 bits per heavy atom. The van der Waals surface area contributed by atoms with E-state index in [1.165, 1.54) is 24.4 Å². The fourth-order valence-electron chi connectivity index (χ4n) is 3.07. The zero-order valence-corrected chi connectivity index (χ0v) is 16.9. The topological polar surface area (TPSA) is 81.2 Å². The van der Waals surface area contributed by atoms with Crippen molar-refractivity contribution in [3.05, 3.63) is 90.0 Å². The van der Waals surface area contributed by atoms with E-state index in [0.717, 1.165) is 5.56 Å². The van der Waals surface area contributed by atoms with E-state index in [1.807, 2.05) is 6.92 Å². The van der Waals surface area contributed by atoms with Gasteiger partial charge in [-0.25, -0.2) is 22.5 Å². The molecule has 0 radical (unpaired) electrons. The Hall–Kier alpha value is -3.36. The smallest absolute Gasteiger partial charge is 0.241 e. The minimum atomic E-state index is -3.83. The van der Waals surface area contributed by atoms with E-state index in [0.29, 0.717) is 16.5 Å². The van der Waals surface area contributed by atoms with Crippen molar-refractivity contribution in [1.82, 2.24) is 14.7 Å². The highest BCUT2D eigenvalue weighted by atomic mass is 32.2. The Balaban J connectivity index is 1.60. The van der Waals surface area contributed by atoms with E-state index in [-0.39, 0.29) is 23.1 Å². The molecule has 0 saturated carbocycles. The van der Waals surface area contributed by atoms with Gasteiger partial charge in [0.05, 0.1) is 10.4 Å². The third-order valence-electron chi connectivity index (χ3n) is 4.53. The van der Waals surface area contributed by atoms with Crippen molar-refractivity contribution < 1.29 is 17.5 Å². The zero-order valence-electron chi connectivity index (χ0n) is 16.0. The summed E-state index contributed by atoms with van der Waals surface area (Å²) in [4.78, 5) is 8.58. The van der Waals surface area contributed by atoms with Crippen LogP contribution in [0.2, 0.25) is 0 Å². The van der Waals surface area contributed by atoms with Gasteiger partial charge in [0.2, 0.25) is 15.9 Å². The van der Waals surface area contributed by atoms with Crippen molar-refractivity contribution in [2.75, 3.05) is 0 Å². The lowest BCUT2D eigenvalue weighted by Gasteiger charge is -2.13. The molecule has 30 heavy (non-hydrogen) atoms. The standard InChI is InChI=1S/C22H18FN3O3S/c1-15-9-10-20(19-8-4-11-24-21(15)19)30(27,28)26-14-16-5-3-12-25-22(16)29-18-7-2-6-17(23)13-18/h2-13,26H,14H2,1H3. The summed E-state index contributed by atoms with van der Waals surface area (Å²) in [6.07, 6.45) is 3.15. The van der Waals surface area contributed by atoms with Crippen LogP contribution in [0, 0.1) is 12.7 Å². The van der Waals surface area contributed by atoms with Crippen molar-refractivity contribution in [1.29, 1.82) is 0 Å². The Labute approximate surface area is 173 Å². The molecule has 0 saturated heterocycles. The van der Waals surface area contributed by atoms with Gasteiger partial charge >= 0.3 is 0 Å². The van der Waals surface area contributed by atoms with Gasteiger partial charge in [-0.05, 0) is 48.9 Å². The molecule has 4 aromatic rings. The molecule has 0 fully saturated rings. The highest BCUT2D eigenvalue weighted by Crippen LogP contribution is 2.26. The van der Waals surface area contributed by atoms with Crippen LogP contribution in [0.5, 0.6) is 11.6 Å². The molecule has 2 aromatic carbocycles.